The van der Waals surface area contributed by atoms with E-state index in [2.05, 4.69) is 27.5 Å². The first-order valence-electron chi connectivity index (χ1n) is 12.6. The summed E-state index contributed by atoms with van der Waals surface area (Å²) in [6.07, 6.45) is 8.95. The molecule has 0 rings (SSSR count). The van der Waals surface area contributed by atoms with Crippen LogP contribution >= 0.6 is 0 Å². The van der Waals surface area contributed by atoms with Gasteiger partial charge in [0.15, 0.2) is 6.10 Å². The molecule has 0 aromatic rings. The fourth-order valence-electron chi connectivity index (χ4n) is 3.51. The second kappa shape index (κ2) is 22.9. The van der Waals surface area contributed by atoms with Crippen LogP contribution in [0.2, 0.25) is 0 Å². The Labute approximate surface area is 198 Å². The zero-order valence-electron chi connectivity index (χ0n) is 20.3. The molecule has 0 bridgehead atoms. The predicted octanol–water partition coefficient (Wildman–Crippen LogP) is 0.451. The highest BCUT2D eigenvalue weighted by Gasteiger charge is 2.34. The Balaban J connectivity index is 3.54. The van der Waals surface area contributed by atoms with Crippen molar-refractivity contribution in [3.8, 4) is 0 Å². The number of aliphatic hydroxyl groups excluding tert-OH is 4. The number of unbranched alkanes of at least 4 members (excludes halogenated alkanes) is 11. The minimum Gasteiger partial charge on any atom is -0.692 e. The molecule has 0 radical (unpaired) electrons. The quantitative estimate of drug-likeness (QED) is 0.0655. The lowest BCUT2D eigenvalue weighted by molar-refractivity contribution is -0.800. The number of hydrogen-bond acceptors (Lipinski definition) is 9. The van der Waals surface area contributed by atoms with Gasteiger partial charge in [0.05, 0.1) is 0 Å². The Morgan fingerprint density at radius 3 is 1.82 bits per heavy atom. The maximum atomic E-state index is 11.8. The smallest absolute Gasteiger partial charge is 0.251 e. The fourth-order valence-corrected chi connectivity index (χ4v) is 3.51. The average molecular weight is 480 g/mol. The van der Waals surface area contributed by atoms with Crippen LogP contribution in [0.1, 0.15) is 90.4 Å². The maximum absolute atomic E-state index is 11.8. The number of aliphatic hydroxyl groups is 4. The number of rotatable bonds is 24. The molecule has 0 aliphatic carbocycles. The first-order chi connectivity index (χ1) is 16.0. The standard InChI is InChI=1S/C23H48N2O8/c1-2-3-4-5-6-7-8-9-10-11-12-13-15-24-16-14-17-25-23(30)22(29)21(28)20(27)19(26)18-32-33-31/h19-22,24,26-29,31H,2-18H2,1H3,(H,25,30)/p-1/t19-,20-,21+,22-/m1/s1. The van der Waals surface area contributed by atoms with Crippen molar-refractivity contribution in [3.05, 3.63) is 0 Å². The van der Waals surface area contributed by atoms with E-state index in [1.165, 1.54) is 70.6 Å². The van der Waals surface area contributed by atoms with Crippen LogP contribution in [0.3, 0.4) is 0 Å². The fraction of sp³-hybridized carbons (Fsp3) is 0.957. The Morgan fingerprint density at radius 2 is 1.27 bits per heavy atom. The van der Waals surface area contributed by atoms with Gasteiger partial charge in [-0.25, -0.2) is 4.89 Å². The van der Waals surface area contributed by atoms with Crippen LogP contribution in [0.15, 0.2) is 0 Å². The molecule has 10 nitrogen and oxygen atoms in total. The summed E-state index contributed by atoms with van der Waals surface area (Å²) in [6.45, 7) is 3.45. The van der Waals surface area contributed by atoms with Crippen LogP contribution in [0.25, 0.3) is 0 Å². The third-order valence-corrected chi connectivity index (χ3v) is 5.66. The molecule has 0 aliphatic heterocycles. The number of carbonyl (C=O) groups excluding carboxylic acids is 1. The molecule has 33 heavy (non-hydrogen) atoms. The minimum absolute atomic E-state index is 0.292. The highest BCUT2D eigenvalue weighted by atomic mass is 17.5. The predicted molar refractivity (Wildman–Crippen MR) is 123 cm³/mol. The van der Waals surface area contributed by atoms with Crippen LogP contribution in [-0.4, -0.2) is 77.0 Å². The Hall–Kier alpha value is -0.850. The molecule has 10 heteroatoms. The van der Waals surface area contributed by atoms with Crippen LogP contribution in [0.4, 0.5) is 0 Å². The van der Waals surface area contributed by atoms with Gasteiger partial charge < -0.3 is 36.3 Å². The van der Waals surface area contributed by atoms with Crippen LogP contribution in [0, 0.1) is 0 Å². The van der Waals surface area contributed by atoms with E-state index in [9.17, 15) is 30.5 Å². The van der Waals surface area contributed by atoms with E-state index < -0.39 is 36.9 Å². The molecule has 0 heterocycles. The molecular weight excluding hydrogens is 432 g/mol. The van der Waals surface area contributed by atoms with Crippen molar-refractivity contribution in [2.45, 2.75) is 115 Å². The lowest BCUT2D eigenvalue weighted by atomic mass is 10.0. The van der Waals surface area contributed by atoms with Crippen LogP contribution < -0.4 is 15.9 Å². The first-order valence-corrected chi connectivity index (χ1v) is 12.6. The highest BCUT2D eigenvalue weighted by molar-refractivity contribution is 5.81. The molecule has 1 amide bonds. The monoisotopic (exact) mass is 479 g/mol. The summed E-state index contributed by atoms with van der Waals surface area (Å²) in [6, 6.07) is 0. The molecule has 0 saturated carbocycles. The second-order valence-corrected chi connectivity index (χ2v) is 8.63. The van der Waals surface area contributed by atoms with Crippen LogP contribution in [-0.2, 0) is 14.7 Å². The van der Waals surface area contributed by atoms with Gasteiger partial charge in [0.25, 0.3) is 5.91 Å². The molecule has 4 atom stereocenters. The van der Waals surface area contributed by atoms with Gasteiger partial charge in [0.2, 0.25) is 0 Å². The molecule has 0 spiro atoms. The van der Waals surface area contributed by atoms with Crippen LogP contribution in [0.5, 0.6) is 0 Å². The summed E-state index contributed by atoms with van der Waals surface area (Å²) in [4.78, 5) is 15.8. The van der Waals surface area contributed by atoms with Gasteiger partial charge in [-0.05, 0) is 25.9 Å². The van der Waals surface area contributed by atoms with E-state index in [1.54, 1.807) is 0 Å². The number of carbonyl (C=O) groups is 1. The molecule has 0 aromatic heterocycles. The van der Waals surface area contributed by atoms with Crippen molar-refractivity contribution in [1.29, 1.82) is 0 Å². The van der Waals surface area contributed by atoms with Crippen molar-refractivity contribution in [1.82, 2.24) is 10.6 Å². The lowest BCUT2D eigenvalue weighted by Crippen LogP contribution is -2.52. The van der Waals surface area contributed by atoms with E-state index in [4.69, 9.17) is 0 Å². The molecule has 6 N–H and O–H groups in total. The maximum Gasteiger partial charge on any atom is 0.251 e. The van der Waals surface area contributed by atoms with Crippen molar-refractivity contribution < 1.29 is 40.4 Å². The molecular formula is C23H47N2O8-. The topological polar surface area (TPSA) is 164 Å². The van der Waals surface area contributed by atoms with E-state index in [0.717, 1.165) is 13.0 Å². The Morgan fingerprint density at radius 1 is 0.758 bits per heavy atom. The van der Waals surface area contributed by atoms with Gasteiger partial charge in [-0.3, -0.25) is 9.83 Å². The summed E-state index contributed by atoms with van der Waals surface area (Å²) < 4.78 is 0. The summed E-state index contributed by atoms with van der Waals surface area (Å²) in [5, 5.41) is 57.2. The van der Waals surface area contributed by atoms with Crippen molar-refractivity contribution in [2.75, 3.05) is 26.2 Å². The minimum atomic E-state index is -1.95. The Bertz CT molecular complexity index is 445. The molecule has 0 saturated heterocycles. The number of nitrogens with one attached hydrogen (secondary N) is 2. The van der Waals surface area contributed by atoms with E-state index in [0.29, 0.717) is 19.5 Å². The third-order valence-electron chi connectivity index (χ3n) is 5.66. The highest BCUT2D eigenvalue weighted by Crippen LogP contribution is 2.11. The number of hydrogen-bond donors (Lipinski definition) is 6. The normalized spacial score (nSPS) is 15.2. The molecule has 198 valence electrons. The van der Waals surface area contributed by atoms with Gasteiger partial charge >= 0.3 is 0 Å². The lowest BCUT2D eigenvalue weighted by Gasteiger charge is -2.25. The van der Waals surface area contributed by atoms with Crippen molar-refractivity contribution in [2.24, 2.45) is 0 Å². The van der Waals surface area contributed by atoms with E-state index in [-0.39, 0.29) is 0 Å². The van der Waals surface area contributed by atoms with Gasteiger partial charge in [0.1, 0.15) is 24.9 Å². The summed E-state index contributed by atoms with van der Waals surface area (Å²) >= 11 is 0. The second-order valence-electron chi connectivity index (χ2n) is 8.63. The van der Waals surface area contributed by atoms with Gasteiger partial charge in [-0.15, -0.1) is 0 Å². The average Bonchev–Trinajstić information content (AvgIpc) is 2.82. The SMILES string of the molecule is CCCCCCCCCCCCCCNCCCNC(=O)[C@H](O)[C@@H](O)[C@H](O)[C@H](O)COO[O-]. The zero-order valence-corrected chi connectivity index (χ0v) is 20.3. The van der Waals surface area contributed by atoms with Crippen molar-refractivity contribution in [3.63, 3.8) is 0 Å². The third kappa shape index (κ3) is 18.2. The van der Waals surface area contributed by atoms with Gasteiger partial charge in [-0.1, -0.05) is 77.6 Å². The van der Waals surface area contributed by atoms with E-state index in [1.807, 2.05) is 0 Å². The van der Waals surface area contributed by atoms with Gasteiger partial charge in [-0.2, -0.15) is 0 Å². The first kappa shape index (κ1) is 32.1. The molecule has 0 fully saturated rings. The zero-order chi connectivity index (χ0) is 24.7. The van der Waals surface area contributed by atoms with E-state index >= 15 is 0 Å². The molecule has 0 aliphatic rings. The number of amides is 1. The molecule has 0 aromatic carbocycles. The van der Waals surface area contributed by atoms with Gasteiger partial charge in [0, 0.05) is 6.54 Å². The Kier molecular flexibility index (Phi) is 22.3. The van der Waals surface area contributed by atoms with Crippen molar-refractivity contribution >= 4 is 5.91 Å². The summed E-state index contributed by atoms with van der Waals surface area (Å²) in [5.74, 6) is -0.865. The molecule has 0 unspecified atom stereocenters. The summed E-state index contributed by atoms with van der Waals surface area (Å²) in [7, 11) is 0. The summed E-state index contributed by atoms with van der Waals surface area (Å²) in [5.41, 5.74) is 0. The largest absolute Gasteiger partial charge is 0.692 e.